The molecule has 16 rings (SSSR count). The van der Waals surface area contributed by atoms with E-state index in [-0.39, 0.29) is 164 Å². The standard InChI is InChI=1S/2C24H27N3O6S2.C23H25N3O6S2.C22H22N2O4S.4CH4/c1-14(2)9-11-17-16-7-5-6-8-18(16)23(33-3)21(22(17)28)24-25-19-12-10-15(26-34(4,29)30)13-20(19)35(31,32)27-24;1-14(2)9-11-18-16-7-5-6-8-17(16)22(28)21(23(18)33-3)24-25-19-12-10-15(26-34(4,29)30)13-20(19)35(31,32)27-24;1-13(2)8-10-17-15-6-4-5-7-16(15)21(27)20(22(17)28)23-24-18-11-9-14(25-33(3,29)30)12-19(18)34(31,32)26-23;1-13(2)11-12-16-14-7-3-4-8-15(14)20(25)19(21(16)26)22-23-17-9-5-6-10-18(17)29(27,28)24-22;;;;/h2*5-8,10,12-14,26,28H,9,11H2,1-4H3,(H,25,27);4-7,9,11-13,25,27-28H,8,10H2,1-3H3,(H,24,26);3-10,13,25-26H,11-12H2,1-2H3,(H,23,24);4*1H4. The molecule has 0 fully saturated rings. The van der Waals surface area contributed by atoms with Crippen LogP contribution in [-0.4, -0.2) is 146 Å². The molecule has 4 aliphatic rings. The summed E-state index contributed by atoms with van der Waals surface area (Å²) in [5.41, 5.74) is 4.15. The van der Waals surface area contributed by atoms with Gasteiger partial charge in [0.1, 0.15) is 87.8 Å². The zero-order valence-corrected chi connectivity index (χ0v) is 80.3. The summed E-state index contributed by atoms with van der Waals surface area (Å²) in [6.07, 6.45) is 8.55. The number of para-hydroxylation sites is 1. The van der Waals surface area contributed by atoms with Gasteiger partial charge in [0, 0.05) is 60.9 Å². The Morgan fingerprint density at radius 3 is 0.839 bits per heavy atom. The smallest absolute Gasteiger partial charge is 0.286 e. The minimum absolute atomic E-state index is 0. The fraction of sp³-hybridized carbons (Fsp3) is 0.299. The third-order valence-corrected chi connectivity index (χ3v) is 29.1. The Labute approximate surface area is 801 Å². The van der Waals surface area contributed by atoms with Gasteiger partial charge in [-0.1, -0.05) is 194 Å². The number of nitrogens with zero attached hydrogens (tertiary/aromatic N) is 4. The quantitative estimate of drug-likeness (QED) is 0.0267. The number of aromatic hydroxyl groups is 6. The van der Waals surface area contributed by atoms with Crippen LogP contribution in [0.2, 0.25) is 0 Å². The van der Waals surface area contributed by atoms with Crippen molar-refractivity contribution in [2.45, 2.75) is 156 Å². The van der Waals surface area contributed by atoms with E-state index >= 15 is 0 Å². The van der Waals surface area contributed by atoms with Crippen molar-refractivity contribution >= 4 is 176 Å². The normalized spacial score (nSPS) is 14.5. The zero-order chi connectivity index (χ0) is 96.7. The average Bonchev–Trinajstić information content (AvgIpc) is 0.753. The van der Waals surface area contributed by atoms with E-state index in [1.165, 1.54) is 68.8 Å². The van der Waals surface area contributed by atoms with E-state index in [0.29, 0.717) is 105 Å². The summed E-state index contributed by atoms with van der Waals surface area (Å²) >= 11 is 0. The first-order chi connectivity index (χ1) is 62.5. The van der Waals surface area contributed by atoms with Crippen LogP contribution in [0.1, 0.15) is 155 Å². The fourth-order valence-corrected chi connectivity index (χ4v) is 22.0. The van der Waals surface area contributed by atoms with Gasteiger partial charge in [0.2, 0.25) is 30.1 Å². The van der Waals surface area contributed by atoms with Crippen molar-refractivity contribution in [3.05, 3.63) is 220 Å². The summed E-state index contributed by atoms with van der Waals surface area (Å²) in [6, 6.07) is 47.6. The first kappa shape index (κ1) is 108. The Balaban J connectivity index is 0.000000203. The summed E-state index contributed by atoms with van der Waals surface area (Å²) in [7, 11) is -24.6. The van der Waals surface area contributed by atoms with Crippen LogP contribution in [0.3, 0.4) is 0 Å². The number of fused-ring (bicyclic) bond motifs is 8. The zero-order valence-electron chi connectivity index (χ0n) is 74.6. The van der Waals surface area contributed by atoms with Crippen LogP contribution in [0.5, 0.6) is 46.0 Å². The van der Waals surface area contributed by atoms with Gasteiger partial charge in [-0.2, -0.15) is 33.7 Å². The molecule has 0 aliphatic carbocycles. The van der Waals surface area contributed by atoms with Crippen LogP contribution >= 0.6 is 0 Å². The molecular weight excluding hydrogens is 1900 g/mol. The van der Waals surface area contributed by atoms with Gasteiger partial charge in [0.05, 0.1) is 55.7 Å². The molecule has 12 aromatic rings. The molecule has 734 valence electrons. The van der Waals surface area contributed by atoms with Crippen molar-refractivity contribution in [2.75, 3.05) is 68.4 Å². The third-order valence-electron chi connectivity index (χ3n) is 22.0. The lowest BCUT2D eigenvalue weighted by atomic mass is 9.92. The molecule has 33 nitrogen and oxygen atoms in total. The predicted molar refractivity (Wildman–Crippen MR) is 549 cm³/mol. The topological polar surface area (TPSA) is 512 Å². The molecule has 0 amide bonds. The minimum Gasteiger partial charge on any atom is -0.507 e. The third kappa shape index (κ3) is 23.6. The number of benzene rings is 12. The summed E-state index contributed by atoms with van der Waals surface area (Å²) in [5, 5.41) is 84.0. The van der Waals surface area contributed by atoms with E-state index in [1.807, 2.05) is 48.5 Å². The molecule has 0 unspecified atom stereocenters. The molecule has 0 radical (unpaired) electrons. The second-order valence-corrected chi connectivity index (χ2v) is 45.4. The number of sulfonamides is 7. The summed E-state index contributed by atoms with van der Waals surface area (Å²) in [4.78, 5) is -0.545. The monoisotopic (exact) mass is 2010 g/mol. The molecule has 0 aromatic heterocycles. The Kier molecular flexibility index (Phi) is 33.3. The predicted octanol–water partition coefficient (Wildman–Crippen LogP) is 18.9. The van der Waals surface area contributed by atoms with Crippen LogP contribution in [0.4, 0.5) is 39.8 Å². The molecule has 0 saturated heterocycles. The van der Waals surface area contributed by atoms with Gasteiger partial charge in [-0.3, -0.25) is 14.2 Å². The van der Waals surface area contributed by atoms with E-state index < -0.39 is 70.2 Å². The summed E-state index contributed by atoms with van der Waals surface area (Å²) in [5.74, 6) is 0.659. The van der Waals surface area contributed by atoms with Gasteiger partial charge in [0.15, 0.2) is 23.3 Å². The lowest BCUT2D eigenvalue weighted by molar-refractivity contribution is 0.401. The molecule has 4 aliphatic heterocycles. The number of aryl methyl sites for hydroxylation is 4. The molecule has 137 heavy (non-hydrogen) atoms. The van der Waals surface area contributed by atoms with Crippen molar-refractivity contribution in [3.8, 4) is 46.0 Å². The van der Waals surface area contributed by atoms with E-state index in [2.05, 4.69) is 108 Å². The number of rotatable bonds is 24. The molecule has 40 heteroatoms. The molecule has 0 atom stereocenters. The van der Waals surface area contributed by atoms with Gasteiger partial charge in [0.25, 0.3) is 40.1 Å². The van der Waals surface area contributed by atoms with Gasteiger partial charge in [-0.15, -0.1) is 17.6 Å². The Morgan fingerprint density at radius 2 is 0.533 bits per heavy atom. The molecular formula is C97H117N11O22S7. The SMILES string of the molecule is C.C.C.C.CC(C)CCc1c(O)c(C2=NS(=O)(=O)c3cc(NS(C)(=O)=O)ccc3N2)c(O)c2ccccc12.CC(C)CCc1c(O)c(C2=NS(=O)(=O)c3ccccc3N2)c(O)c2ccccc12.COc1c(C2=NS(=O)(=O)c3cc(NS(C)(=O)=O)ccc3N2)c(O)c(CCC(C)C)c2ccccc12.COc1c(C2=NS(=O)(=O)c3cc(NS(C)(=O)=O)ccc3N2)c(O)c2ccccc2c1CCC(C)C. The highest BCUT2D eigenvalue weighted by atomic mass is 32.2. The number of phenols is 6. The maximum Gasteiger partial charge on any atom is 0.286 e. The molecule has 0 saturated carbocycles. The highest BCUT2D eigenvalue weighted by molar-refractivity contribution is 7.93. The van der Waals surface area contributed by atoms with Crippen LogP contribution in [0, 0.1) is 23.7 Å². The highest BCUT2D eigenvalue weighted by Crippen LogP contribution is 2.49. The average molecular weight is 2010 g/mol. The molecule has 4 heterocycles. The number of phenolic OH excluding ortho intramolecular Hbond substituents is 6. The van der Waals surface area contributed by atoms with Gasteiger partial charge in [-0.05, 0) is 163 Å². The van der Waals surface area contributed by atoms with Gasteiger partial charge in [-0.25, -0.2) is 25.3 Å². The minimum atomic E-state index is -4.27. The van der Waals surface area contributed by atoms with E-state index in [0.717, 1.165) is 77.6 Å². The van der Waals surface area contributed by atoms with Crippen LogP contribution in [-0.2, 0) is 95.8 Å². The molecule has 0 spiro atoms. The van der Waals surface area contributed by atoms with Crippen LogP contribution in [0.15, 0.2) is 213 Å². The van der Waals surface area contributed by atoms with Crippen molar-refractivity contribution in [1.82, 2.24) is 0 Å². The number of methoxy groups -OCH3 is 2. The fourth-order valence-electron chi connectivity index (χ4n) is 15.8. The summed E-state index contributed by atoms with van der Waals surface area (Å²) in [6.45, 7) is 16.7. The van der Waals surface area contributed by atoms with Gasteiger partial charge < -0.3 is 61.4 Å². The Bertz CT molecular complexity index is 7590. The molecule has 13 N–H and O–H groups in total. The number of anilines is 7. The van der Waals surface area contributed by atoms with Crippen molar-refractivity contribution in [1.29, 1.82) is 0 Å². The lowest BCUT2D eigenvalue weighted by Gasteiger charge is -2.24. The number of ether oxygens (including phenoxy) is 2. The van der Waals surface area contributed by atoms with Crippen LogP contribution < -0.4 is 44.9 Å². The highest BCUT2D eigenvalue weighted by Gasteiger charge is 2.38. The largest absolute Gasteiger partial charge is 0.507 e. The number of nitrogens with one attached hydrogen (secondary N) is 7. The second-order valence-electron chi connectivity index (χ2n) is 33.9. The number of hydrogen-bond donors (Lipinski definition) is 13. The lowest BCUT2D eigenvalue weighted by Crippen LogP contribution is -2.24. The van der Waals surface area contributed by atoms with Crippen molar-refractivity contribution in [2.24, 2.45) is 41.3 Å². The van der Waals surface area contributed by atoms with E-state index in [1.54, 1.807) is 66.7 Å². The maximum atomic E-state index is 13.1. The number of amidine groups is 4. The first-order valence-electron chi connectivity index (χ1n) is 41.9. The number of hydrogen-bond acceptors (Lipinski definition) is 26. The van der Waals surface area contributed by atoms with Crippen molar-refractivity contribution < 1.29 is 99.0 Å². The van der Waals surface area contributed by atoms with Crippen LogP contribution in [0.25, 0.3) is 43.1 Å². The molecule has 12 aromatic carbocycles. The van der Waals surface area contributed by atoms with Crippen molar-refractivity contribution in [3.63, 3.8) is 0 Å². The Hall–Kier alpha value is -13.0. The Morgan fingerprint density at radius 1 is 0.299 bits per heavy atom. The molecule has 0 bridgehead atoms. The second kappa shape index (κ2) is 42.3. The van der Waals surface area contributed by atoms with E-state index in [4.69, 9.17) is 9.47 Å². The maximum absolute atomic E-state index is 13.1. The van der Waals surface area contributed by atoms with E-state index in [9.17, 15) is 89.6 Å². The van der Waals surface area contributed by atoms with Gasteiger partial charge >= 0.3 is 0 Å². The first-order valence-corrected chi connectivity index (χ1v) is 53.4. The summed E-state index contributed by atoms with van der Waals surface area (Å²) < 4.78 is 207.